The number of allylic oxidation sites excluding steroid dienone is 1. The first-order chi connectivity index (χ1) is 16.7. The fraction of sp³-hybridized carbons (Fsp3) is 0.214. The van der Waals surface area contributed by atoms with Gasteiger partial charge in [-0.15, -0.1) is 6.58 Å². The van der Waals surface area contributed by atoms with Crippen molar-refractivity contribution in [2.45, 2.75) is 32.4 Å². The number of amides is 1. The Morgan fingerprint density at radius 1 is 1.03 bits per heavy atom. The van der Waals surface area contributed by atoms with E-state index in [1.807, 2.05) is 48.5 Å². The number of rotatable bonds is 11. The van der Waals surface area contributed by atoms with Crippen molar-refractivity contribution in [1.82, 2.24) is 14.9 Å². The Morgan fingerprint density at radius 2 is 1.79 bits per heavy atom. The molecule has 0 aliphatic rings. The van der Waals surface area contributed by atoms with Crippen LogP contribution in [-0.4, -0.2) is 22.1 Å². The second-order valence-corrected chi connectivity index (χ2v) is 8.01. The molecule has 4 rings (SSSR count). The van der Waals surface area contributed by atoms with Gasteiger partial charge in [-0.3, -0.25) is 4.79 Å². The Kier molecular flexibility index (Phi) is 7.71. The van der Waals surface area contributed by atoms with Gasteiger partial charge in [0.15, 0.2) is 0 Å². The van der Waals surface area contributed by atoms with Gasteiger partial charge in [-0.05, 0) is 67.3 Å². The number of nitrogens with one attached hydrogen (secondary N) is 1. The summed E-state index contributed by atoms with van der Waals surface area (Å²) in [6.07, 6.45) is 4.45. The minimum atomic E-state index is -0.369. The van der Waals surface area contributed by atoms with Gasteiger partial charge in [0.1, 0.15) is 17.4 Å². The molecule has 1 heterocycles. The summed E-state index contributed by atoms with van der Waals surface area (Å²) in [4.78, 5) is 17.2. The molecule has 1 aromatic heterocycles. The van der Waals surface area contributed by atoms with Gasteiger partial charge < -0.3 is 14.6 Å². The van der Waals surface area contributed by atoms with Crippen LogP contribution in [-0.2, 0) is 19.5 Å². The van der Waals surface area contributed by atoms with E-state index in [-0.39, 0.29) is 18.3 Å². The highest BCUT2D eigenvalue weighted by atomic mass is 19.1. The molecule has 0 fully saturated rings. The van der Waals surface area contributed by atoms with Crippen LogP contribution in [0.4, 0.5) is 4.39 Å². The van der Waals surface area contributed by atoms with Crippen LogP contribution in [0, 0.1) is 5.82 Å². The molecule has 0 saturated heterocycles. The van der Waals surface area contributed by atoms with Gasteiger partial charge in [-0.2, -0.15) is 0 Å². The summed E-state index contributed by atoms with van der Waals surface area (Å²) in [5.41, 5.74) is 3.48. The fourth-order valence-electron chi connectivity index (χ4n) is 3.90. The maximum absolute atomic E-state index is 13.1. The van der Waals surface area contributed by atoms with Crippen molar-refractivity contribution < 1.29 is 13.9 Å². The predicted octanol–water partition coefficient (Wildman–Crippen LogP) is 5.69. The molecule has 4 aromatic rings. The number of hydrogen-bond acceptors (Lipinski definition) is 3. The third-order valence-corrected chi connectivity index (χ3v) is 5.62. The largest absolute Gasteiger partial charge is 0.493 e. The van der Waals surface area contributed by atoms with E-state index in [2.05, 4.69) is 22.5 Å². The van der Waals surface area contributed by atoms with Crippen LogP contribution in [0.2, 0.25) is 0 Å². The van der Waals surface area contributed by atoms with Crippen LogP contribution in [0.15, 0.2) is 85.5 Å². The number of fused-ring (bicyclic) bond motifs is 1. The number of para-hydroxylation sites is 3. The summed E-state index contributed by atoms with van der Waals surface area (Å²) >= 11 is 0. The fourth-order valence-corrected chi connectivity index (χ4v) is 3.90. The van der Waals surface area contributed by atoms with E-state index in [4.69, 9.17) is 9.72 Å². The summed E-state index contributed by atoms with van der Waals surface area (Å²) in [6.45, 7) is 5.48. The number of hydrogen-bond donors (Lipinski definition) is 1. The first-order valence-electron chi connectivity index (χ1n) is 11.4. The molecule has 0 radical (unpaired) electrons. The number of halogens is 1. The Balaban J connectivity index is 1.37. The van der Waals surface area contributed by atoms with Crippen LogP contribution >= 0.6 is 0 Å². The second kappa shape index (κ2) is 11.3. The van der Waals surface area contributed by atoms with Gasteiger partial charge in [-0.1, -0.05) is 36.4 Å². The Morgan fingerprint density at radius 3 is 2.62 bits per heavy atom. The molecule has 34 heavy (non-hydrogen) atoms. The normalized spacial score (nSPS) is 10.9. The zero-order valence-electron chi connectivity index (χ0n) is 19.0. The SMILES string of the molecule is C=CCc1ccccc1OCCCCn1c(CNC(=O)c2ccc(F)cc2)nc2ccccc21. The molecule has 1 N–H and O–H groups in total. The van der Waals surface area contributed by atoms with Gasteiger partial charge >= 0.3 is 0 Å². The minimum absolute atomic E-state index is 0.259. The van der Waals surface area contributed by atoms with E-state index in [1.54, 1.807) is 0 Å². The summed E-state index contributed by atoms with van der Waals surface area (Å²) in [6, 6.07) is 21.5. The topological polar surface area (TPSA) is 56.1 Å². The molecule has 5 nitrogen and oxygen atoms in total. The van der Waals surface area contributed by atoms with Crippen molar-refractivity contribution in [3.8, 4) is 5.75 Å². The Labute approximate surface area is 198 Å². The average Bonchev–Trinajstić information content (AvgIpc) is 3.21. The Bertz CT molecular complexity index is 1260. The van der Waals surface area contributed by atoms with Crippen molar-refractivity contribution in [2.75, 3.05) is 6.61 Å². The Hall–Kier alpha value is -3.93. The number of aryl methyl sites for hydroxylation is 1. The molecule has 174 valence electrons. The van der Waals surface area contributed by atoms with Crippen LogP contribution in [0.25, 0.3) is 11.0 Å². The van der Waals surface area contributed by atoms with Gasteiger partial charge in [0.05, 0.1) is 24.2 Å². The van der Waals surface area contributed by atoms with Crippen molar-refractivity contribution in [3.05, 3.63) is 108 Å². The molecule has 0 saturated carbocycles. The molecule has 3 aromatic carbocycles. The van der Waals surface area contributed by atoms with Gasteiger partial charge in [0, 0.05) is 12.1 Å². The minimum Gasteiger partial charge on any atom is -0.493 e. The van der Waals surface area contributed by atoms with Gasteiger partial charge in [-0.25, -0.2) is 9.37 Å². The molecule has 0 spiro atoms. The van der Waals surface area contributed by atoms with E-state index < -0.39 is 0 Å². The zero-order chi connectivity index (χ0) is 23.8. The first-order valence-corrected chi connectivity index (χ1v) is 11.4. The average molecular weight is 458 g/mol. The van der Waals surface area contributed by atoms with Crippen molar-refractivity contribution in [2.24, 2.45) is 0 Å². The molecular formula is C28H28FN3O2. The van der Waals surface area contributed by atoms with E-state index in [1.165, 1.54) is 24.3 Å². The molecule has 6 heteroatoms. The van der Waals surface area contributed by atoms with Crippen molar-refractivity contribution in [3.63, 3.8) is 0 Å². The van der Waals surface area contributed by atoms with E-state index >= 15 is 0 Å². The number of imidazole rings is 1. The molecule has 0 bridgehead atoms. The van der Waals surface area contributed by atoms with E-state index in [9.17, 15) is 9.18 Å². The molecule has 0 aliphatic heterocycles. The van der Waals surface area contributed by atoms with Crippen LogP contribution in [0.3, 0.4) is 0 Å². The summed E-state index contributed by atoms with van der Waals surface area (Å²) < 4.78 is 21.3. The lowest BCUT2D eigenvalue weighted by molar-refractivity contribution is 0.0949. The van der Waals surface area contributed by atoms with Crippen molar-refractivity contribution in [1.29, 1.82) is 0 Å². The molecule has 0 unspecified atom stereocenters. The van der Waals surface area contributed by atoms with Crippen molar-refractivity contribution >= 4 is 16.9 Å². The molecule has 1 amide bonds. The number of ether oxygens (including phenoxy) is 1. The highest BCUT2D eigenvalue weighted by Crippen LogP contribution is 2.20. The second-order valence-electron chi connectivity index (χ2n) is 8.01. The number of carbonyl (C=O) groups is 1. The number of carbonyl (C=O) groups excluding carboxylic acids is 1. The molecule has 0 atom stereocenters. The van der Waals surface area contributed by atoms with Gasteiger partial charge in [0.2, 0.25) is 0 Å². The van der Waals surface area contributed by atoms with Crippen LogP contribution in [0.1, 0.15) is 34.6 Å². The lowest BCUT2D eigenvalue weighted by atomic mass is 10.1. The van der Waals surface area contributed by atoms with Gasteiger partial charge in [0.25, 0.3) is 5.91 Å². The summed E-state index contributed by atoms with van der Waals surface area (Å²) in [5.74, 6) is 1.06. The summed E-state index contributed by atoms with van der Waals surface area (Å²) in [5, 5.41) is 2.90. The lowest BCUT2D eigenvalue weighted by Gasteiger charge is -2.12. The molecule has 0 aliphatic carbocycles. The maximum atomic E-state index is 13.1. The standard InChI is InChI=1S/C28H28FN3O2/c1-2-9-21-10-3-6-13-26(21)34-19-8-7-18-32-25-12-5-4-11-24(25)31-27(32)20-30-28(33)22-14-16-23(29)17-15-22/h2-6,10-17H,1,7-9,18-20H2,(H,30,33). The maximum Gasteiger partial charge on any atom is 0.251 e. The number of unbranched alkanes of at least 4 members (excludes halogenated alkanes) is 1. The third kappa shape index (κ3) is 5.70. The number of benzene rings is 3. The highest BCUT2D eigenvalue weighted by molar-refractivity contribution is 5.94. The zero-order valence-corrected chi connectivity index (χ0v) is 19.0. The number of aromatic nitrogens is 2. The summed E-state index contributed by atoms with van der Waals surface area (Å²) in [7, 11) is 0. The number of nitrogens with zero attached hydrogens (tertiary/aromatic N) is 2. The highest BCUT2D eigenvalue weighted by Gasteiger charge is 2.12. The monoisotopic (exact) mass is 457 g/mol. The quantitative estimate of drug-likeness (QED) is 0.232. The lowest BCUT2D eigenvalue weighted by Crippen LogP contribution is -2.24. The molecular weight excluding hydrogens is 429 g/mol. The van der Waals surface area contributed by atoms with E-state index in [0.29, 0.717) is 12.2 Å². The smallest absolute Gasteiger partial charge is 0.251 e. The van der Waals surface area contributed by atoms with Crippen LogP contribution in [0.5, 0.6) is 5.75 Å². The predicted molar refractivity (Wildman–Crippen MR) is 132 cm³/mol. The first kappa shape index (κ1) is 23.2. The van der Waals surface area contributed by atoms with E-state index in [0.717, 1.165) is 54.0 Å². The van der Waals surface area contributed by atoms with Crippen LogP contribution < -0.4 is 10.1 Å². The third-order valence-electron chi connectivity index (χ3n) is 5.62.